The van der Waals surface area contributed by atoms with E-state index < -0.39 is 11.4 Å². The van der Waals surface area contributed by atoms with Gasteiger partial charge in [0, 0.05) is 0 Å². The van der Waals surface area contributed by atoms with E-state index in [-0.39, 0.29) is 11.9 Å². The van der Waals surface area contributed by atoms with Crippen LogP contribution in [0.15, 0.2) is 18.2 Å². The van der Waals surface area contributed by atoms with Gasteiger partial charge in [0.05, 0.1) is 11.7 Å². The number of phenols is 1. The number of aromatic hydroxyl groups is 1. The first kappa shape index (κ1) is 11.8. The summed E-state index contributed by atoms with van der Waals surface area (Å²) < 4.78 is 5.58. The van der Waals surface area contributed by atoms with E-state index in [0.29, 0.717) is 24.2 Å². The van der Waals surface area contributed by atoms with Crippen LogP contribution in [-0.4, -0.2) is 22.3 Å². The molecule has 0 radical (unpaired) electrons. The standard InChI is InChI=1S/C13H16O4/c1-8(2)17-10-5-3-4-9(14)11(10)13(6-7-13)12(15)16/h3-5,8,14H,6-7H2,1-2H3,(H,15,16). The van der Waals surface area contributed by atoms with E-state index in [1.54, 1.807) is 12.1 Å². The van der Waals surface area contributed by atoms with E-state index in [4.69, 9.17) is 4.74 Å². The Bertz CT molecular complexity index is 447. The Morgan fingerprint density at radius 1 is 1.41 bits per heavy atom. The topological polar surface area (TPSA) is 66.8 Å². The van der Waals surface area contributed by atoms with Crippen molar-refractivity contribution >= 4 is 5.97 Å². The first-order valence-electron chi connectivity index (χ1n) is 5.70. The van der Waals surface area contributed by atoms with Crippen LogP contribution in [0.2, 0.25) is 0 Å². The molecule has 0 aromatic heterocycles. The number of hydrogen-bond donors (Lipinski definition) is 2. The highest BCUT2D eigenvalue weighted by Gasteiger charge is 2.55. The maximum atomic E-state index is 11.3. The van der Waals surface area contributed by atoms with Gasteiger partial charge in [-0.15, -0.1) is 0 Å². The largest absolute Gasteiger partial charge is 0.507 e. The number of aliphatic carboxylic acids is 1. The Balaban J connectivity index is 2.48. The minimum Gasteiger partial charge on any atom is -0.507 e. The molecule has 0 saturated heterocycles. The van der Waals surface area contributed by atoms with Gasteiger partial charge in [-0.05, 0) is 38.8 Å². The van der Waals surface area contributed by atoms with Crippen molar-refractivity contribution < 1.29 is 19.7 Å². The zero-order valence-corrected chi connectivity index (χ0v) is 9.93. The average Bonchev–Trinajstić information content (AvgIpc) is 2.97. The highest BCUT2D eigenvalue weighted by Crippen LogP contribution is 2.54. The lowest BCUT2D eigenvalue weighted by molar-refractivity contribution is -0.140. The predicted octanol–water partition coefficient (Wildman–Crippen LogP) is 2.30. The van der Waals surface area contributed by atoms with Gasteiger partial charge >= 0.3 is 5.97 Å². The van der Waals surface area contributed by atoms with Gasteiger partial charge in [-0.2, -0.15) is 0 Å². The molecule has 0 bridgehead atoms. The number of hydrogen-bond acceptors (Lipinski definition) is 3. The molecule has 4 heteroatoms. The van der Waals surface area contributed by atoms with E-state index in [2.05, 4.69) is 0 Å². The molecule has 0 aliphatic heterocycles. The lowest BCUT2D eigenvalue weighted by Crippen LogP contribution is -2.21. The van der Waals surface area contributed by atoms with Crippen LogP contribution in [-0.2, 0) is 10.2 Å². The molecule has 2 N–H and O–H groups in total. The third-order valence-electron chi connectivity index (χ3n) is 3.00. The second-order valence-corrected chi connectivity index (χ2v) is 4.70. The second-order valence-electron chi connectivity index (χ2n) is 4.70. The highest BCUT2D eigenvalue weighted by molar-refractivity contribution is 5.87. The summed E-state index contributed by atoms with van der Waals surface area (Å²) in [7, 11) is 0. The molecular formula is C13H16O4. The molecule has 4 nitrogen and oxygen atoms in total. The number of carboxylic acids is 1. The van der Waals surface area contributed by atoms with Crippen LogP contribution in [0, 0.1) is 0 Å². The summed E-state index contributed by atoms with van der Waals surface area (Å²) in [5, 5.41) is 19.2. The lowest BCUT2D eigenvalue weighted by Gasteiger charge is -2.19. The molecule has 1 aromatic carbocycles. The zero-order valence-electron chi connectivity index (χ0n) is 9.93. The van der Waals surface area contributed by atoms with Crippen molar-refractivity contribution in [3.8, 4) is 11.5 Å². The van der Waals surface area contributed by atoms with Crippen molar-refractivity contribution in [3.05, 3.63) is 23.8 Å². The number of rotatable bonds is 4. The van der Waals surface area contributed by atoms with Gasteiger partial charge < -0.3 is 14.9 Å². The number of ether oxygens (including phenoxy) is 1. The molecule has 1 fully saturated rings. The monoisotopic (exact) mass is 236 g/mol. The Hall–Kier alpha value is -1.71. The van der Waals surface area contributed by atoms with Gasteiger partial charge in [0.2, 0.25) is 0 Å². The van der Waals surface area contributed by atoms with Crippen LogP contribution in [0.3, 0.4) is 0 Å². The summed E-state index contributed by atoms with van der Waals surface area (Å²) in [6.07, 6.45) is 1.04. The second kappa shape index (κ2) is 3.95. The van der Waals surface area contributed by atoms with E-state index in [1.807, 2.05) is 13.8 Å². The number of carbonyl (C=O) groups is 1. The number of benzene rings is 1. The van der Waals surface area contributed by atoms with E-state index in [9.17, 15) is 15.0 Å². The van der Waals surface area contributed by atoms with Gasteiger partial charge in [0.25, 0.3) is 0 Å². The van der Waals surface area contributed by atoms with Crippen LogP contribution in [0.4, 0.5) is 0 Å². The minimum absolute atomic E-state index is 0.00282. The molecule has 0 heterocycles. The maximum absolute atomic E-state index is 11.3. The molecule has 0 unspecified atom stereocenters. The molecule has 92 valence electrons. The average molecular weight is 236 g/mol. The highest BCUT2D eigenvalue weighted by atomic mass is 16.5. The molecule has 1 aliphatic carbocycles. The molecule has 1 aromatic rings. The van der Waals surface area contributed by atoms with Crippen LogP contribution in [0.25, 0.3) is 0 Å². The van der Waals surface area contributed by atoms with Crippen molar-refractivity contribution in [1.82, 2.24) is 0 Å². The molecule has 0 amide bonds. The Labute approximate surface area is 99.8 Å². The summed E-state index contributed by atoms with van der Waals surface area (Å²) in [6.45, 7) is 3.74. The third-order valence-corrected chi connectivity index (χ3v) is 3.00. The van der Waals surface area contributed by atoms with E-state index in [0.717, 1.165) is 0 Å². The fraction of sp³-hybridized carbons (Fsp3) is 0.462. The van der Waals surface area contributed by atoms with Crippen LogP contribution in [0.5, 0.6) is 11.5 Å². The van der Waals surface area contributed by atoms with Gasteiger partial charge in [-0.3, -0.25) is 4.79 Å². The summed E-state index contributed by atoms with van der Waals surface area (Å²) in [5.74, 6) is -0.421. The Morgan fingerprint density at radius 2 is 2.06 bits per heavy atom. The summed E-state index contributed by atoms with van der Waals surface area (Å²) in [4.78, 5) is 11.3. The normalized spacial score (nSPS) is 16.9. The Kier molecular flexibility index (Phi) is 2.73. The Morgan fingerprint density at radius 3 is 2.53 bits per heavy atom. The molecule has 0 atom stereocenters. The fourth-order valence-corrected chi connectivity index (χ4v) is 2.05. The molecule has 1 aliphatic rings. The first-order chi connectivity index (χ1) is 7.97. The third kappa shape index (κ3) is 1.95. The summed E-state index contributed by atoms with van der Waals surface area (Å²) >= 11 is 0. The van der Waals surface area contributed by atoms with Crippen molar-refractivity contribution in [2.24, 2.45) is 0 Å². The lowest BCUT2D eigenvalue weighted by atomic mass is 9.94. The zero-order chi connectivity index (χ0) is 12.6. The smallest absolute Gasteiger partial charge is 0.314 e. The maximum Gasteiger partial charge on any atom is 0.314 e. The van der Waals surface area contributed by atoms with Crippen LogP contribution >= 0.6 is 0 Å². The SMILES string of the molecule is CC(C)Oc1cccc(O)c1C1(C(=O)O)CC1. The van der Waals surface area contributed by atoms with Crippen molar-refractivity contribution in [3.63, 3.8) is 0 Å². The van der Waals surface area contributed by atoms with Crippen molar-refractivity contribution in [2.45, 2.75) is 38.2 Å². The number of carboxylic acid groups (broad SMARTS) is 1. The predicted molar refractivity (Wildman–Crippen MR) is 62.4 cm³/mol. The van der Waals surface area contributed by atoms with Gasteiger partial charge in [0.1, 0.15) is 16.9 Å². The minimum atomic E-state index is -0.949. The van der Waals surface area contributed by atoms with Gasteiger partial charge in [0.15, 0.2) is 0 Å². The van der Waals surface area contributed by atoms with Crippen molar-refractivity contribution in [1.29, 1.82) is 0 Å². The van der Waals surface area contributed by atoms with Crippen molar-refractivity contribution in [2.75, 3.05) is 0 Å². The quantitative estimate of drug-likeness (QED) is 0.841. The molecule has 1 saturated carbocycles. The van der Waals surface area contributed by atoms with E-state index in [1.165, 1.54) is 6.07 Å². The van der Waals surface area contributed by atoms with E-state index >= 15 is 0 Å². The molecular weight excluding hydrogens is 220 g/mol. The fourth-order valence-electron chi connectivity index (χ4n) is 2.05. The molecule has 0 spiro atoms. The number of phenolic OH excluding ortho intramolecular Hbond substituents is 1. The summed E-state index contributed by atoms with van der Waals surface area (Å²) in [5.41, 5.74) is -0.531. The van der Waals surface area contributed by atoms with Gasteiger partial charge in [-0.25, -0.2) is 0 Å². The van der Waals surface area contributed by atoms with Gasteiger partial charge in [-0.1, -0.05) is 6.07 Å². The van der Waals surface area contributed by atoms with Crippen LogP contribution < -0.4 is 4.74 Å². The summed E-state index contributed by atoms with van der Waals surface area (Å²) in [6, 6.07) is 4.87. The molecule has 17 heavy (non-hydrogen) atoms. The molecule has 2 rings (SSSR count). The van der Waals surface area contributed by atoms with Crippen LogP contribution in [0.1, 0.15) is 32.3 Å². The first-order valence-corrected chi connectivity index (χ1v) is 5.70.